The van der Waals surface area contributed by atoms with Gasteiger partial charge in [-0.3, -0.25) is 14.7 Å². The van der Waals surface area contributed by atoms with Crippen molar-refractivity contribution in [2.45, 2.75) is 24.4 Å². The average molecular weight is 554 g/mol. The summed E-state index contributed by atoms with van der Waals surface area (Å²) in [6, 6.07) is 6.29. The second kappa shape index (κ2) is 17.0. The quantitative estimate of drug-likeness (QED) is 0.133. The van der Waals surface area contributed by atoms with Crippen LogP contribution in [0.4, 0.5) is 17.6 Å². The van der Waals surface area contributed by atoms with Gasteiger partial charge in [0, 0.05) is 24.8 Å². The molecule has 214 valence electrons. The van der Waals surface area contributed by atoms with Gasteiger partial charge in [0.2, 0.25) is 0 Å². The third-order valence-corrected chi connectivity index (χ3v) is 4.18. The third-order valence-electron chi connectivity index (χ3n) is 4.18. The maximum Gasteiger partial charge on any atom is 0.383 e. The lowest BCUT2D eigenvalue weighted by atomic mass is 10.4. The molecule has 2 N–H and O–H groups in total. The van der Waals surface area contributed by atoms with E-state index >= 15 is 0 Å². The molecule has 2 heterocycles. The van der Waals surface area contributed by atoms with Crippen LogP contribution >= 0.6 is 0 Å². The minimum Gasteiger partial charge on any atom is -0.491 e. The SMILES string of the molecule is OC(COCCOCOCC(F)(F)OC(F)(F)COCC(O)COc1ccncc1)COc1ccncc1. The smallest absolute Gasteiger partial charge is 0.383 e. The van der Waals surface area contributed by atoms with Gasteiger partial charge in [-0.2, -0.15) is 17.6 Å². The van der Waals surface area contributed by atoms with Crippen molar-refractivity contribution >= 4 is 0 Å². The normalized spacial score (nSPS) is 13.7. The molecule has 0 spiro atoms. The molecule has 0 bridgehead atoms. The highest BCUT2D eigenvalue weighted by Gasteiger charge is 2.44. The number of rotatable bonds is 21. The summed E-state index contributed by atoms with van der Waals surface area (Å²) < 4.78 is 87.8. The number of ether oxygens (including phenoxy) is 7. The minimum absolute atomic E-state index is 0.0113. The average Bonchev–Trinajstić information content (AvgIpc) is 2.88. The Bertz CT molecular complexity index is 872. The topological polar surface area (TPSA) is 131 Å². The Morgan fingerprint density at radius 2 is 1.08 bits per heavy atom. The lowest BCUT2D eigenvalue weighted by molar-refractivity contribution is -0.396. The van der Waals surface area contributed by atoms with Gasteiger partial charge < -0.3 is 38.6 Å². The summed E-state index contributed by atoms with van der Waals surface area (Å²) in [6.45, 7) is -4.67. The summed E-state index contributed by atoms with van der Waals surface area (Å²) in [5.74, 6) is 0.929. The predicted molar refractivity (Wildman–Crippen MR) is 121 cm³/mol. The Kier molecular flexibility index (Phi) is 14.1. The van der Waals surface area contributed by atoms with Gasteiger partial charge in [0.25, 0.3) is 0 Å². The molecular weight excluding hydrogens is 524 g/mol. The number of aromatic nitrogens is 2. The fourth-order valence-electron chi connectivity index (χ4n) is 2.56. The molecule has 0 aliphatic rings. The van der Waals surface area contributed by atoms with Crippen molar-refractivity contribution in [2.24, 2.45) is 0 Å². The van der Waals surface area contributed by atoms with E-state index in [1.807, 2.05) is 0 Å². The number of alkyl halides is 4. The number of pyridine rings is 2. The molecule has 0 aromatic carbocycles. The van der Waals surface area contributed by atoms with Crippen LogP contribution in [0.1, 0.15) is 0 Å². The molecule has 0 radical (unpaired) electrons. The number of aliphatic hydroxyl groups excluding tert-OH is 2. The van der Waals surface area contributed by atoms with Crippen molar-refractivity contribution in [3.05, 3.63) is 49.1 Å². The van der Waals surface area contributed by atoms with Gasteiger partial charge in [0.15, 0.2) is 0 Å². The van der Waals surface area contributed by atoms with Gasteiger partial charge in [-0.25, -0.2) is 0 Å². The van der Waals surface area contributed by atoms with Gasteiger partial charge in [0.1, 0.15) is 56.9 Å². The lowest BCUT2D eigenvalue weighted by Crippen LogP contribution is -2.40. The van der Waals surface area contributed by atoms with E-state index in [1.165, 1.54) is 36.9 Å². The largest absolute Gasteiger partial charge is 0.491 e. The zero-order valence-electron chi connectivity index (χ0n) is 20.3. The number of hydrogen-bond donors (Lipinski definition) is 2. The van der Waals surface area contributed by atoms with Crippen LogP contribution in [0.3, 0.4) is 0 Å². The summed E-state index contributed by atoms with van der Waals surface area (Å²) in [6.07, 6.45) is -4.90. The fraction of sp³-hybridized carbons (Fsp3) is 0.565. The highest BCUT2D eigenvalue weighted by atomic mass is 19.3. The van der Waals surface area contributed by atoms with Gasteiger partial charge in [-0.05, 0) is 24.3 Å². The highest BCUT2D eigenvalue weighted by molar-refractivity contribution is 5.17. The molecule has 2 atom stereocenters. The molecule has 11 nitrogen and oxygen atoms in total. The molecule has 0 amide bonds. The molecule has 0 fully saturated rings. The monoisotopic (exact) mass is 554 g/mol. The zero-order valence-corrected chi connectivity index (χ0v) is 20.3. The molecule has 2 aromatic heterocycles. The van der Waals surface area contributed by atoms with Gasteiger partial charge >= 0.3 is 12.2 Å². The van der Waals surface area contributed by atoms with E-state index in [1.54, 1.807) is 12.1 Å². The fourth-order valence-corrected chi connectivity index (χ4v) is 2.56. The molecule has 2 rings (SSSR count). The van der Waals surface area contributed by atoms with Crippen molar-refractivity contribution in [3.63, 3.8) is 0 Å². The van der Waals surface area contributed by atoms with Crippen LogP contribution < -0.4 is 9.47 Å². The standard InChI is InChI=1S/C23H30F4N2O9/c24-22(25,15-34-12-19(31)14-37-21-3-7-29-8-4-21)38-23(26,27)16-35-17-33-10-9-32-11-18(30)13-36-20-1-5-28-6-2-20/h1-8,18-19,30-31H,9-17H2. The van der Waals surface area contributed by atoms with Crippen molar-refractivity contribution < 1.29 is 60.9 Å². The summed E-state index contributed by atoms with van der Waals surface area (Å²) in [4.78, 5) is 7.61. The van der Waals surface area contributed by atoms with Crippen LogP contribution in [0, 0.1) is 0 Å². The predicted octanol–water partition coefficient (Wildman–Crippen LogP) is 1.88. The third kappa shape index (κ3) is 14.9. The molecule has 0 saturated carbocycles. The summed E-state index contributed by atoms with van der Waals surface area (Å²) >= 11 is 0. The Hall–Kier alpha value is -2.66. The molecule has 2 aromatic rings. The van der Waals surface area contributed by atoms with Crippen molar-refractivity contribution in [2.75, 3.05) is 59.6 Å². The van der Waals surface area contributed by atoms with E-state index in [-0.39, 0.29) is 33.0 Å². The van der Waals surface area contributed by atoms with Crippen LogP contribution in [0.15, 0.2) is 49.1 Å². The summed E-state index contributed by atoms with van der Waals surface area (Å²) in [5.41, 5.74) is 0. The highest BCUT2D eigenvalue weighted by Crippen LogP contribution is 2.27. The van der Waals surface area contributed by atoms with E-state index < -0.39 is 51.0 Å². The number of hydrogen-bond acceptors (Lipinski definition) is 11. The van der Waals surface area contributed by atoms with E-state index in [0.717, 1.165) is 0 Å². The van der Waals surface area contributed by atoms with E-state index in [2.05, 4.69) is 24.2 Å². The van der Waals surface area contributed by atoms with E-state index in [9.17, 15) is 27.8 Å². The molecule has 0 aliphatic carbocycles. The number of halogens is 4. The summed E-state index contributed by atoms with van der Waals surface area (Å²) in [7, 11) is 0. The minimum atomic E-state index is -4.35. The molecule has 2 unspecified atom stereocenters. The van der Waals surface area contributed by atoms with Crippen molar-refractivity contribution in [1.82, 2.24) is 9.97 Å². The van der Waals surface area contributed by atoms with E-state index in [0.29, 0.717) is 11.5 Å². The first kappa shape index (κ1) is 31.6. The Labute approximate surface area is 216 Å². The molecule has 0 aliphatic heterocycles. The molecule has 15 heteroatoms. The second-order valence-electron chi connectivity index (χ2n) is 7.64. The van der Waals surface area contributed by atoms with Crippen molar-refractivity contribution in [1.29, 1.82) is 0 Å². The first-order valence-corrected chi connectivity index (χ1v) is 11.3. The van der Waals surface area contributed by atoms with Crippen molar-refractivity contribution in [3.8, 4) is 11.5 Å². The van der Waals surface area contributed by atoms with Crippen LogP contribution in [0.5, 0.6) is 11.5 Å². The number of aliphatic hydroxyl groups is 2. The van der Waals surface area contributed by atoms with Crippen LogP contribution in [-0.2, 0) is 23.7 Å². The Morgan fingerprint density at radius 3 is 1.61 bits per heavy atom. The maximum atomic E-state index is 13.7. The summed E-state index contributed by atoms with van der Waals surface area (Å²) in [5, 5.41) is 19.5. The van der Waals surface area contributed by atoms with Gasteiger partial charge in [-0.15, -0.1) is 0 Å². The van der Waals surface area contributed by atoms with Crippen LogP contribution in [0.25, 0.3) is 0 Å². The first-order chi connectivity index (χ1) is 18.2. The van der Waals surface area contributed by atoms with Crippen LogP contribution in [0.2, 0.25) is 0 Å². The zero-order chi connectivity index (χ0) is 27.7. The first-order valence-electron chi connectivity index (χ1n) is 11.3. The lowest BCUT2D eigenvalue weighted by Gasteiger charge is -2.24. The molecule has 0 saturated heterocycles. The number of nitrogens with zero attached hydrogens (tertiary/aromatic N) is 2. The molecular formula is C23H30F4N2O9. The Morgan fingerprint density at radius 1 is 0.632 bits per heavy atom. The molecule has 38 heavy (non-hydrogen) atoms. The van der Waals surface area contributed by atoms with Gasteiger partial charge in [0.05, 0.1) is 26.4 Å². The van der Waals surface area contributed by atoms with E-state index in [4.69, 9.17) is 18.9 Å². The maximum absolute atomic E-state index is 13.7. The van der Waals surface area contributed by atoms with Gasteiger partial charge in [-0.1, -0.05) is 0 Å². The second-order valence-corrected chi connectivity index (χ2v) is 7.64. The van der Waals surface area contributed by atoms with Crippen LogP contribution in [-0.4, -0.2) is 104 Å². The Balaban J connectivity index is 1.47.